The Kier molecular flexibility index (Phi) is 4.17. The molecule has 5 aromatic rings. The standard InChI is InChI=1S/C23H22N8/c1-30-9-11-31(12-10-30)21-4-2-3-16-15(21)13-19(26-16)23-22-18(28-29-23)6-5-17(27-22)20-14-24-7-8-25-20/h2-8,13-14,26H,9-12H2,1H3,(H,28,29). The van der Waals surface area contributed by atoms with E-state index in [1.54, 1.807) is 18.6 Å². The molecule has 0 radical (unpaired) electrons. The van der Waals surface area contributed by atoms with Crippen LogP contribution < -0.4 is 4.90 Å². The summed E-state index contributed by atoms with van der Waals surface area (Å²) in [5.74, 6) is 0. The number of nitrogens with one attached hydrogen (secondary N) is 2. The van der Waals surface area contributed by atoms with E-state index in [1.807, 2.05) is 12.1 Å². The van der Waals surface area contributed by atoms with E-state index in [4.69, 9.17) is 4.98 Å². The van der Waals surface area contributed by atoms with E-state index in [0.717, 1.165) is 65.5 Å². The molecular weight excluding hydrogens is 388 g/mol. The fourth-order valence-corrected chi connectivity index (χ4v) is 4.25. The minimum atomic E-state index is 0.741. The van der Waals surface area contributed by atoms with E-state index in [2.05, 4.69) is 66.3 Å². The highest BCUT2D eigenvalue weighted by molar-refractivity contribution is 5.99. The van der Waals surface area contributed by atoms with Crippen molar-refractivity contribution in [3.63, 3.8) is 0 Å². The van der Waals surface area contributed by atoms with Crippen molar-refractivity contribution < 1.29 is 0 Å². The zero-order chi connectivity index (χ0) is 20.8. The molecule has 0 amide bonds. The van der Waals surface area contributed by atoms with Crippen molar-refractivity contribution in [3.05, 3.63) is 55.0 Å². The van der Waals surface area contributed by atoms with Crippen LogP contribution in [0.3, 0.4) is 0 Å². The summed E-state index contributed by atoms with van der Waals surface area (Å²) in [5.41, 5.74) is 7.35. The molecule has 0 atom stereocenters. The first-order valence-electron chi connectivity index (χ1n) is 10.4. The van der Waals surface area contributed by atoms with Crippen molar-refractivity contribution in [1.29, 1.82) is 0 Å². The lowest BCUT2D eigenvalue weighted by Gasteiger charge is -2.34. The van der Waals surface area contributed by atoms with Gasteiger partial charge in [-0.3, -0.25) is 15.1 Å². The van der Waals surface area contributed by atoms with Gasteiger partial charge in [0.05, 0.1) is 23.1 Å². The van der Waals surface area contributed by atoms with Gasteiger partial charge in [0.25, 0.3) is 0 Å². The van der Waals surface area contributed by atoms with Crippen molar-refractivity contribution in [2.24, 2.45) is 0 Å². The van der Waals surface area contributed by atoms with Crippen LogP contribution in [0.15, 0.2) is 55.0 Å². The second kappa shape index (κ2) is 7.17. The quantitative estimate of drug-likeness (QED) is 0.474. The maximum atomic E-state index is 4.84. The van der Waals surface area contributed by atoms with Gasteiger partial charge >= 0.3 is 0 Å². The van der Waals surface area contributed by atoms with Crippen LogP contribution in [-0.2, 0) is 0 Å². The Morgan fingerprint density at radius 3 is 2.68 bits per heavy atom. The fourth-order valence-electron chi connectivity index (χ4n) is 4.25. The molecule has 0 spiro atoms. The number of fused-ring (bicyclic) bond motifs is 2. The Morgan fingerprint density at radius 1 is 0.935 bits per heavy atom. The number of hydrogen-bond donors (Lipinski definition) is 2. The summed E-state index contributed by atoms with van der Waals surface area (Å²) in [7, 11) is 2.18. The average molecular weight is 410 g/mol. The van der Waals surface area contributed by atoms with Gasteiger partial charge < -0.3 is 14.8 Å². The molecule has 0 saturated carbocycles. The number of benzene rings is 1. The Bertz CT molecular complexity index is 1360. The topological polar surface area (TPSA) is 89.6 Å². The van der Waals surface area contributed by atoms with Crippen LogP contribution in [0.1, 0.15) is 0 Å². The van der Waals surface area contributed by atoms with Gasteiger partial charge in [-0.25, -0.2) is 4.98 Å². The van der Waals surface area contributed by atoms with Crippen LogP contribution in [0.4, 0.5) is 5.69 Å². The fraction of sp³-hybridized carbons (Fsp3) is 0.217. The number of hydrogen-bond acceptors (Lipinski definition) is 6. The van der Waals surface area contributed by atoms with Crippen molar-refractivity contribution in [3.8, 4) is 22.8 Å². The van der Waals surface area contributed by atoms with E-state index < -0.39 is 0 Å². The lowest BCUT2D eigenvalue weighted by molar-refractivity contribution is 0.313. The van der Waals surface area contributed by atoms with Crippen molar-refractivity contribution in [2.75, 3.05) is 38.1 Å². The van der Waals surface area contributed by atoms with Crippen LogP contribution in [0.2, 0.25) is 0 Å². The third-order valence-electron chi connectivity index (χ3n) is 5.97. The van der Waals surface area contributed by atoms with Gasteiger partial charge in [-0.2, -0.15) is 5.10 Å². The normalized spacial score (nSPS) is 15.2. The smallest absolute Gasteiger partial charge is 0.135 e. The first kappa shape index (κ1) is 18.0. The third kappa shape index (κ3) is 3.12. The van der Waals surface area contributed by atoms with Gasteiger partial charge in [0.1, 0.15) is 16.9 Å². The second-order valence-corrected chi connectivity index (χ2v) is 7.97. The summed E-state index contributed by atoms with van der Waals surface area (Å²) >= 11 is 0. The molecule has 1 aliphatic heterocycles. The minimum Gasteiger partial charge on any atom is -0.368 e. The second-order valence-electron chi connectivity index (χ2n) is 7.97. The molecule has 8 heteroatoms. The maximum Gasteiger partial charge on any atom is 0.135 e. The highest BCUT2D eigenvalue weighted by atomic mass is 15.2. The molecule has 1 fully saturated rings. The lowest BCUT2D eigenvalue weighted by atomic mass is 10.1. The van der Waals surface area contributed by atoms with Crippen molar-refractivity contribution in [2.45, 2.75) is 0 Å². The predicted molar refractivity (Wildman–Crippen MR) is 122 cm³/mol. The van der Waals surface area contributed by atoms with Gasteiger partial charge in [0.15, 0.2) is 0 Å². The van der Waals surface area contributed by atoms with Gasteiger partial charge in [-0.15, -0.1) is 0 Å². The largest absolute Gasteiger partial charge is 0.368 e. The highest BCUT2D eigenvalue weighted by Crippen LogP contribution is 2.33. The van der Waals surface area contributed by atoms with Crippen molar-refractivity contribution >= 4 is 27.6 Å². The highest BCUT2D eigenvalue weighted by Gasteiger charge is 2.19. The molecular formula is C23H22N8. The van der Waals surface area contributed by atoms with E-state index in [0.29, 0.717) is 0 Å². The van der Waals surface area contributed by atoms with E-state index in [1.165, 1.54) is 11.1 Å². The van der Waals surface area contributed by atoms with Crippen molar-refractivity contribution in [1.82, 2.24) is 35.0 Å². The molecule has 6 rings (SSSR count). The number of nitrogens with zero attached hydrogens (tertiary/aromatic N) is 6. The SMILES string of the molecule is CN1CCN(c2cccc3[nH]c(-c4n[nH]c5ccc(-c6cnccn6)nc45)cc23)CC1. The number of likely N-dealkylation sites (N-methyl/N-ethyl adjacent to an activating group) is 1. The summed E-state index contributed by atoms with van der Waals surface area (Å²) in [6.45, 7) is 4.22. The van der Waals surface area contributed by atoms with Gasteiger partial charge in [-0.1, -0.05) is 6.07 Å². The molecule has 0 bridgehead atoms. The van der Waals surface area contributed by atoms with Gasteiger partial charge in [0, 0.05) is 55.2 Å². The van der Waals surface area contributed by atoms with E-state index >= 15 is 0 Å². The summed E-state index contributed by atoms with van der Waals surface area (Å²) in [4.78, 5) is 21.8. The number of piperazine rings is 1. The summed E-state index contributed by atoms with van der Waals surface area (Å²) in [6.07, 6.45) is 5.06. The molecule has 1 aliphatic rings. The van der Waals surface area contributed by atoms with Crippen LogP contribution >= 0.6 is 0 Å². The van der Waals surface area contributed by atoms with Gasteiger partial charge in [-0.05, 0) is 37.4 Å². The van der Waals surface area contributed by atoms with Crippen LogP contribution in [-0.4, -0.2) is 68.3 Å². The molecule has 5 heterocycles. The minimum absolute atomic E-state index is 0.741. The lowest BCUT2D eigenvalue weighted by Crippen LogP contribution is -2.44. The monoisotopic (exact) mass is 410 g/mol. The number of rotatable bonds is 3. The predicted octanol–water partition coefficient (Wildman–Crippen LogP) is 3.32. The van der Waals surface area contributed by atoms with E-state index in [-0.39, 0.29) is 0 Å². The number of anilines is 1. The molecule has 154 valence electrons. The Morgan fingerprint density at radius 2 is 1.84 bits per heavy atom. The van der Waals surface area contributed by atoms with Crippen LogP contribution in [0.5, 0.6) is 0 Å². The summed E-state index contributed by atoms with van der Waals surface area (Å²) < 4.78 is 0. The number of H-pyrrole nitrogens is 2. The summed E-state index contributed by atoms with van der Waals surface area (Å²) in [6, 6.07) is 12.6. The van der Waals surface area contributed by atoms with E-state index in [9.17, 15) is 0 Å². The maximum absolute atomic E-state index is 4.84. The van der Waals surface area contributed by atoms with Gasteiger partial charge in [0.2, 0.25) is 0 Å². The molecule has 0 unspecified atom stereocenters. The third-order valence-corrected chi connectivity index (χ3v) is 5.97. The molecule has 1 aromatic carbocycles. The summed E-state index contributed by atoms with van der Waals surface area (Å²) in [5, 5.41) is 8.89. The van der Waals surface area contributed by atoms with Crippen LogP contribution in [0.25, 0.3) is 44.7 Å². The number of pyridine rings is 1. The average Bonchev–Trinajstić information content (AvgIpc) is 3.43. The first-order chi connectivity index (χ1) is 15.3. The molecule has 31 heavy (non-hydrogen) atoms. The molecule has 4 aromatic heterocycles. The number of aromatic amines is 2. The van der Waals surface area contributed by atoms with Crippen LogP contribution in [0, 0.1) is 0 Å². The molecule has 8 nitrogen and oxygen atoms in total. The zero-order valence-corrected chi connectivity index (χ0v) is 17.2. The Labute approximate surface area is 179 Å². The zero-order valence-electron chi connectivity index (χ0n) is 17.2. The molecule has 2 N–H and O–H groups in total. The molecule has 1 saturated heterocycles. The first-order valence-corrected chi connectivity index (χ1v) is 10.4. The molecule has 0 aliphatic carbocycles. The Hall–Kier alpha value is -3.78. The number of aromatic nitrogens is 6. The Balaban J connectivity index is 1.44.